The molecule has 32 heavy (non-hydrogen) atoms. The third-order valence-electron chi connectivity index (χ3n) is 6.18. The minimum absolute atomic E-state index is 0.0761. The molecule has 1 fully saturated rings. The van der Waals surface area contributed by atoms with Crippen molar-refractivity contribution in [2.75, 3.05) is 26.2 Å². The Morgan fingerprint density at radius 3 is 2.19 bits per heavy atom. The third-order valence-corrected chi connectivity index (χ3v) is 6.67. The zero-order valence-corrected chi connectivity index (χ0v) is 19.3. The van der Waals surface area contributed by atoms with Crippen LogP contribution < -0.4 is 5.32 Å². The second-order valence-electron chi connectivity index (χ2n) is 8.31. The third kappa shape index (κ3) is 4.67. The van der Waals surface area contributed by atoms with E-state index in [2.05, 4.69) is 63.7 Å². The maximum absolute atomic E-state index is 6.24. The minimum atomic E-state index is 0.0761. The van der Waals surface area contributed by atoms with E-state index < -0.39 is 0 Å². The first kappa shape index (κ1) is 21.4. The Kier molecular flexibility index (Phi) is 6.42. The fraction of sp³-hybridized carbons (Fsp3) is 0.222. The molecule has 1 aliphatic heterocycles. The lowest BCUT2D eigenvalue weighted by molar-refractivity contribution is 0.233. The normalized spacial score (nSPS) is 15.7. The molecule has 4 aromatic rings. The molecule has 1 saturated heterocycles. The molecule has 3 nitrogen and oxygen atoms in total. The van der Waals surface area contributed by atoms with Gasteiger partial charge in [0.2, 0.25) is 0 Å². The van der Waals surface area contributed by atoms with E-state index in [1.165, 1.54) is 22.3 Å². The Bertz CT molecular complexity index is 1200. The van der Waals surface area contributed by atoms with Crippen LogP contribution >= 0.6 is 23.2 Å². The van der Waals surface area contributed by atoms with Gasteiger partial charge in [-0.2, -0.15) is 0 Å². The highest BCUT2D eigenvalue weighted by Gasteiger charge is 2.20. The van der Waals surface area contributed by atoms with Gasteiger partial charge in [-0.05, 0) is 52.6 Å². The van der Waals surface area contributed by atoms with Crippen molar-refractivity contribution in [2.24, 2.45) is 0 Å². The molecule has 1 aromatic heterocycles. The van der Waals surface area contributed by atoms with E-state index in [9.17, 15) is 0 Å². The van der Waals surface area contributed by atoms with Crippen LogP contribution in [-0.4, -0.2) is 36.1 Å². The number of hydrogen-bond donors (Lipinski definition) is 1. The number of benzene rings is 3. The highest BCUT2D eigenvalue weighted by atomic mass is 35.5. The summed E-state index contributed by atoms with van der Waals surface area (Å²) in [5, 5.41) is 5.97. The average Bonchev–Trinajstić information content (AvgIpc) is 2.82. The Hall–Kier alpha value is -2.43. The quantitative estimate of drug-likeness (QED) is 0.387. The highest BCUT2D eigenvalue weighted by Crippen LogP contribution is 2.36. The zero-order valence-electron chi connectivity index (χ0n) is 17.8. The number of piperazine rings is 1. The Morgan fingerprint density at radius 2 is 1.47 bits per heavy atom. The van der Waals surface area contributed by atoms with Gasteiger partial charge in [-0.25, -0.2) is 0 Å². The summed E-state index contributed by atoms with van der Waals surface area (Å²) in [6.45, 7) is 5.32. The molecule has 5 heteroatoms. The van der Waals surface area contributed by atoms with E-state index in [1.807, 2.05) is 30.5 Å². The van der Waals surface area contributed by atoms with Crippen LogP contribution in [0.1, 0.15) is 28.2 Å². The SMILES string of the molecule is Clc1ccc(C(c2ccc(CN3CCNCC3)cc2)c2ccnc3cc(Cl)ccc23)cc1. The fourth-order valence-corrected chi connectivity index (χ4v) is 4.84. The Labute approximate surface area is 199 Å². The summed E-state index contributed by atoms with van der Waals surface area (Å²) in [6.07, 6.45) is 1.87. The van der Waals surface area contributed by atoms with Gasteiger partial charge in [-0.1, -0.05) is 65.7 Å². The maximum Gasteiger partial charge on any atom is 0.0719 e. The molecule has 1 N–H and O–H groups in total. The van der Waals surface area contributed by atoms with Crippen LogP contribution in [0.5, 0.6) is 0 Å². The fourth-order valence-electron chi connectivity index (χ4n) is 4.54. The predicted octanol–water partition coefficient (Wildman–Crippen LogP) is 6.13. The van der Waals surface area contributed by atoms with Crippen LogP contribution in [-0.2, 0) is 6.54 Å². The molecule has 0 aliphatic carbocycles. The summed E-state index contributed by atoms with van der Waals surface area (Å²) in [5.41, 5.74) is 5.91. The molecule has 0 saturated carbocycles. The number of nitrogens with zero attached hydrogens (tertiary/aromatic N) is 2. The zero-order chi connectivity index (χ0) is 21.9. The molecule has 0 spiro atoms. The van der Waals surface area contributed by atoms with Crippen LogP contribution in [0.3, 0.4) is 0 Å². The Morgan fingerprint density at radius 1 is 0.812 bits per heavy atom. The topological polar surface area (TPSA) is 28.2 Å². The van der Waals surface area contributed by atoms with Gasteiger partial charge in [-0.3, -0.25) is 9.88 Å². The lowest BCUT2D eigenvalue weighted by Crippen LogP contribution is -2.42. The van der Waals surface area contributed by atoms with Gasteiger partial charge in [0.05, 0.1) is 5.52 Å². The minimum Gasteiger partial charge on any atom is -0.314 e. The summed E-state index contributed by atoms with van der Waals surface area (Å²) in [7, 11) is 0. The second kappa shape index (κ2) is 9.60. The molecule has 5 rings (SSSR count). The molecule has 1 atom stereocenters. The monoisotopic (exact) mass is 461 g/mol. The summed E-state index contributed by atoms with van der Waals surface area (Å²) >= 11 is 12.4. The van der Waals surface area contributed by atoms with Crippen molar-refractivity contribution in [1.29, 1.82) is 0 Å². The van der Waals surface area contributed by atoms with Crippen molar-refractivity contribution in [3.63, 3.8) is 0 Å². The number of hydrogen-bond acceptors (Lipinski definition) is 3. The first-order valence-corrected chi connectivity index (χ1v) is 11.7. The van der Waals surface area contributed by atoms with Gasteiger partial charge in [0.25, 0.3) is 0 Å². The van der Waals surface area contributed by atoms with E-state index >= 15 is 0 Å². The smallest absolute Gasteiger partial charge is 0.0719 e. The number of aromatic nitrogens is 1. The maximum atomic E-state index is 6.24. The lowest BCUT2D eigenvalue weighted by Gasteiger charge is -2.27. The van der Waals surface area contributed by atoms with E-state index in [-0.39, 0.29) is 5.92 Å². The largest absolute Gasteiger partial charge is 0.314 e. The molecule has 1 aliphatic rings. The second-order valence-corrected chi connectivity index (χ2v) is 9.19. The van der Waals surface area contributed by atoms with Crippen LogP contribution in [0, 0.1) is 0 Å². The molecule has 0 amide bonds. The summed E-state index contributed by atoms with van der Waals surface area (Å²) in [5.74, 6) is 0.0761. The van der Waals surface area contributed by atoms with Crippen LogP contribution in [0.2, 0.25) is 10.0 Å². The van der Waals surface area contributed by atoms with Gasteiger partial charge in [0.1, 0.15) is 0 Å². The van der Waals surface area contributed by atoms with Crippen LogP contribution in [0.15, 0.2) is 79.0 Å². The summed E-state index contributed by atoms with van der Waals surface area (Å²) < 4.78 is 0. The number of rotatable bonds is 5. The van der Waals surface area contributed by atoms with Gasteiger partial charge in [0.15, 0.2) is 0 Å². The van der Waals surface area contributed by atoms with Crippen molar-refractivity contribution in [2.45, 2.75) is 12.5 Å². The molecule has 162 valence electrons. The summed E-state index contributed by atoms with van der Waals surface area (Å²) in [4.78, 5) is 7.05. The average molecular weight is 462 g/mol. The van der Waals surface area contributed by atoms with Gasteiger partial charge in [-0.15, -0.1) is 0 Å². The van der Waals surface area contributed by atoms with Crippen molar-refractivity contribution in [3.8, 4) is 0 Å². The molecule has 0 bridgehead atoms. The standard InChI is InChI=1S/C27H25Cl2N3/c28-22-7-5-21(6-8-22)27(25-11-12-31-26-17-23(29)9-10-24(25)26)20-3-1-19(2-4-20)18-32-15-13-30-14-16-32/h1-12,17,27,30H,13-16,18H2. The molecular formula is C27H25Cl2N3. The van der Waals surface area contributed by atoms with Crippen molar-refractivity contribution < 1.29 is 0 Å². The van der Waals surface area contributed by atoms with Crippen LogP contribution in [0.4, 0.5) is 0 Å². The van der Waals surface area contributed by atoms with Crippen molar-refractivity contribution >= 4 is 34.1 Å². The molecule has 2 heterocycles. The highest BCUT2D eigenvalue weighted by molar-refractivity contribution is 6.31. The lowest BCUT2D eigenvalue weighted by atomic mass is 9.83. The first-order valence-electron chi connectivity index (χ1n) is 11.0. The number of fused-ring (bicyclic) bond motifs is 1. The number of pyridine rings is 1. The van der Waals surface area contributed by atoms with E-state index in [0.717, 1.165) is 48.6 Å². The van der Waals surface area contributed by atoms with Gasteiger partial charge in [0, 0.05) is 60.3 Å². The summed E-state index contributed by atoms with van der Waals surface area (Å²) in [6, 6.07) is 25.3. The van der Waals surface area contributed by atoms with E-state index in [4.69, 9.17) is 23.2 Å². The molecular weight excluding hydrogens is 437 g/mol. The molecule has 0 radical (unpaired) electrons. The van der Waals surface area contributed by atoms with Crippen molar-refractivity contribution in [3.05, 3.63) is 111 Å². The number of halogens is 2. The molecule has 1 unspecified atom stereocenters. The van der Waals surface area contributed by atoms with Gasteiger partial charge >= 0.3 is 0 Å². The first-order chi connectivity index (χ1) is 15.7. The van der Waals surface area contributed by atoms with E-state index in [0.29, 0.717) is 5.02 Å². The predicted molar refractivity (Wildman–Crippen MR) is 134 cm³/mol. The van der Waals surface area contributed by atoms with Gasteiger partial charge < -0.3 is 5.32 Å². The number of nitrogens with one attached hydrogen (secondary N) is 1. The van der Waals surface area contributed by atoms with E-state index in [1.54, 1.807) is 0 Å². The molecule has 3 aromatic carbocycles. The Balaban J connectivity index is 1.55. The van der Waals surface area contributed by atoms with Crippen molar-refractivity contribution in [1.82, 2.24) is 15.2 Å². The van der Waals surface area contributed by atoms with Crippen LogP contribution in [0.25, 0.3) is 10.9 Å².